The molecule has 1 aromatic heterocycles. The molecule has 12 heavy (non-hydrogen) atoms. The Hall–Kier alpha value is -1.10. The molecular weight excluding hydrogens is 226 g/mol. The number of hydrogen-bond donors (Lipinski definition) is 2. The molecule has 0 spiro atoms. The third-order valence-electron chi connectivity index (χ3n) is 1.29. The Bertz CT molecular complexity index is 358. The minimum atomic E-state index is -1.02. The van der Waals surface area contributed by atoms with Crippen molar-refractivity contribution in [1.82, 2.24) is 4.98 Å². The number of aromatic nitrogens is 1. The average molecular weight is 232 g/mol. The second-order valence-electron chi connectivity index (χ2n) is 2.24. The summed E-state index contributed by atoms with van der Waals surface area (Å²) in [5.41, 5.74) is -0.113. The summed E-state index contributed by atoms with van der Waals surface area (Å²) < 4.78 is 0.665. The van der Waals surface area contributed by atoms with Gasteiger partial charge in [0, 0.05) is 16.2 Å². The van der Waals surface area contributed by atoms with E-state index in [1.165, 1.54) is 12.3 Å². The lowest BCUT2D eigenvalue weighted by atomic mass is 10.2. The van der Waals surface area contributed by atoms with E-state index in [4.69, 9.17) is 5.11 Å². The van der Waals surface area contributed by atoms with Crippen molar-refractivity contribution >= 4 is 21.9 Å². The highest BCUT2D eigenvalue weighted by Crippen LogP contribution is 2.06. The maximum absolute atomic E-state index is 11.0. The number of halogens is 1. The molecule has 0 aliphatic rings. The van der Waals surface area contributed by atoms with Crippen LogP contribution in [0.25, 0.3) is 0 Å². The number of rotatable bonds is 2. The van der Waals surface area contributed by atoms with Crippen molar-refractivity contribution in [1.29, 1.82) is 0 Å². The van der Waals surface area contributed by atoms with E-state index in [1.54, 1.807) is 0 Å². The first-order valence-electron chi connectivity index (χ1n) is 3.18. The lowest BCUT2D eigenvalue weighted by Crippen LogP contribution is -2.15. The SMILES string of the molecule is O=C(O)Cc1cc(Br)c[nH]c1=O. The quantitative estimate of drug-likeness (QED) is 0.790. The summed E-state index contributed by atoms with van der Waals surface area (Å²) in [4.78, 5) is 23.6. The number of nitrogens with one attached hydrogen (secondary N) is 1. The molecule has 5 heteroatoms. The molecular formula is C7H6BrNO3. The van der Waals surface area contributed by atoms with Gasteiger partial charge in [0.25, 0.3) is 5.56 Å². The summed E-state index contributed by atoms with van der Waals surface area (Å²) in [6.45, 7) is 0. The second kappa shape index (κ2) is 3.53. The number of H-pyrrole nitrogens is 1. The Kier molecular flexibility index (Phi) is 2.65. The second-order valence-corrected chi connectivity index (χ2v) is 3.16. The summed E-state index contributed by atoms with van der Waals surface area (Å²) in [5, 5.41) is 8.41. The van der Waals surface area contributed by atoms with E-state index in [0.717, 1.165) is 0 Å². The third kappa shape index (κ3) is 2.20. The van der Waals surface area contributed by atoms with Gasteiger partial charge in [-0.15, -0.1) is 0 Å². The fourth-order valence-electron chi connectivity index (χ4n) is 0.795. The average Bonchev–Trinajstić information content (AvgIpc) is 1.96. The lowest BCUT2D eigenvalue weighted by Gasteiger charge is -1.95. The smallest absolute Gasteiger partial charge is 0.308 e. The Morgan fingerprint density at radius 3 is 2.92 bits per heavy atom. The highest BCUT2D eigenvalue weighted by atomic mass is 79.9. The van der Waals surface area contributed by atoms with E-state index in [-0.39, 0.29) is 17.5 Å². The Labute approximate surface area is 76.4 Å². The van der Waals surface area contributed by atoms with Crippen LogP contribution in [0.4, 0.5) is 0 Å². The van der Waals surface area contributed by atoms with Gasteiger partial charge in [0.1, 0.15) is 0 Å². The molecule has 0 aliphatic carbocycles. The molecule has 1 heterocycles. The predicted molar refractivity (Wildman–Crippen MR) is 46.1 cm³/mol. The van der Waals surface area contributed by atoms with Gasteiger partial charge >= 0.3 is 5.97 Å². The number of carbonyl (C=O) groups is 1. The van der Waals surface area contributed by atoms with Crippen LogP contribution in [0.15, 0.2) is 21.5 Å². The van der Waals surface area contributed by atoms with E-state index in [0.29, 0.717) is 4.47 Å². The maximum Gasteiger partial charge on any atom is 0.308 e. The maximum atomic E-state index is 11.0. The van der Waals surface area contributed by atoms with Crippen LogP contribution in [0.1, 0.15) is 5.56 Å². The van der Waals surface area contributed by atoms with Crippen LogP contribution >= 0.6 is 15.9 Å². The van der Waals surface area contributed by atoms with Crippen molar-refractivity contribution in [2.45, 2.75) is 6.42 Å². The number of aromatic amines is 1. The first-order valence-corrected chi connectivity index (χ1v) is 3.98. The summed E-state index contributed by atoms with van der Waals surface area (Å²) in [7, 11) is 0. The topological polar surface area (TPSA) is 70.2 Å². The van der Waals surface area contributed by atoms with E-state index in [1.807, 2.05) is 0 Å². The van der Waals surface area contributed by atoms with Gasteiger partial charge in [0.15, 0.2) is 0 Å². The Morgan fingerprint density at radius 1 is 1.67 bits per heavy atom. The first-order chi connectivity index (χ1) is 5.59. The molecule has 1 rings (SSSR count). The monoisotopic (exact) mass is 231 g/mol. The summed E-state index contributed by atoms with van der Waals surface area (Å²) in [6, 6.07) is 1.49. The number of carboxylic acid groups (broad SMARTS) is 1. The van der Waals surface area contributed by atoms with Gasteiger partial charge < -0.3 is 10.1 Å². The molecule has 2 N–H and O–H groups in total. The number of pyridine rings is 1. The standard InChI is InChI=1S/C7H6BrNO3/c8-5-1-4(2-6(10)11)7(12)9-3-5/h1,3H,2H2,(H,9,12)(H,10,11). The van der Waals surface area contributed by atoms with Gasteiger partial charge in [0.05, 0.1) is 6.42 Å². The summed E-state index contributed by atoms with van der Waals surface area (Å²) in [5.74, 6) is -1.02. The van der Waals surface area contributed by atoms with Gasteiger partial charge in [-0.2, -0.15) is 0 Å². The summed E-state index contributed by atoms with van der Waals surface area (Å²) >= 11 is 3.12. The lowest BCUT2D eigenvalue weighted by molar-refractivity contribution is -0.136. The molecule has 0 fully saturated rings. The van der Waals surface area contributed by atoms with Crippen LogP contribution in [-0.4, -0.2) is 16.1 Å². The fourth-order valence-corrected chi connectivity index (χ4v) is 1.19. The molecule has 0 aromatic carbocycles. The highest BCUT2D eigenvalue weighted by Gasteiger charge is 2.04. The zero-order valence-electron chi connectivity index (χ0n) is 6.00. The molecule has 0 aliphatic heterocycles. The normalized spacial score (nSPS) is 9.75. The van der Waals surface area contributed by atoms with Crippen LogP contribution in [0.3, 0.4) is 0 Å². The summed E-state index contributed by atoms with van der Waals surface area (Å²) in [6.07, 6.45) is 1.21. The van der Waals surface area contributed by atoms with Crippen LogP contribution in [0.2, 0.25) is 0 Å². The van der Waals surface area contributed by atoms with Crippen LogP contribution in [0.5, 0.6) is 0 Å². The van der Waals surface area contributed by atoms with Crippen LogP contribution < -0.4 is 5.56 Å². The predicted octanol–water partition coefficient (Wildman–Crippen LogP) is 0.764. The zero-order valence-corrected chi connectivity index (χ0v) is 7.59. The molecule has 0 atom stereocenters. The van der Waals surface area contributed by atoms with Gasteiger partial charge in [0.2, 0.25) is 0 Å². The van der Waals surface area contributed by atoms with Gasteiger partial charge in [-0.25, -0.2) is 0 Å². The number of aliphatic carboxylic acids is 1. The zero-order chi connectivity index (χ0) is 9.14. The largest absolute Gasteiger partial charge is 0.481 e. The first kappa shape index (κ1) is 8.99. The van der Waals surface area contributed by atoms with E-state index in [2.05, 4.69) is 20.9 Å². The molecule has 0 saturated carbocycles. The highest BCUT2D eigenvalue weighted by molar-refractivity contribution is 9.10. The third-order valence-corrected chi connectivity index (χ3v) is 1.74. The molecule has 0 bridgehead atoms. The van der Waals surface area contributed by atoms with Crippen molar-refractivity contribution in [3.05, 3.63) is 32.7 Å². The molecule has 0 amide bonds. The van der Waals surface area contributed by atoms with Gasteiger partial charge in [-0.1, -0.05) is 0 Å². The Morgan fingerprint density at radius 2 is 2.33 bits per heavy atom. The molecule has 64 valence electrons. The van der Waals surface area contributed by atoms with E-state index < -0.39 is 5.97 Å². The van der Waals surface area contributed by atoms with Crippen molar-refractivity contribution in [2.75, 3.05) is 0 Å². The van der Waals surface area contributed by atoms with Crippen LogP contribution in [0, 0.1) is 0 Å². The van der Waals surface area contributed by atoms with Crippen molar-refractivity contribution in [2.24, 2.45) is 0 Å². The Balaban J connectivity index is 3.06. The molecule has 1 aromatic rings. The molecule has 0 unspecified atom stereocenters. The number of hydrogen-bond acceptors (Lipinski definition) is 2. The molecule has 0 saturated heterocycles. The van der Waals surface area contributed by atoms with E-state index in [9.17, 15) is 9.59 Å². The van der Waals surface area contributed by atoms with E-state index >= 15 is 0 Å². The minimum Gasteiger partial charge on any atom is -0.481 e. The number of carboxylic acids is 1. The van der Waals surface area contributed by atoms with Crippen LogP contribution in [-0.2, 0) is 11.2 Å². The minimum absolute atomic E-state index is 0.247. The van der Waals surface area contributed by atoms with Crippen molar-refractivity contribution in [3.8, 4) is 0 Å². The van der Waals surface area contributed by atoms with Gasteiger partial charge in [-0.3, -0.25) is 9.59 Å². The van der Waals surface area contributed by atoms with Crippen molar-refractivity contribution in [3.63, 3.8) is 0 Å². The van der Waals surface area contributed by atoms with Gasteiger partial charge in [-0.05, 0) is 22.0 Å². The molecule has 4 nitrogen and oxygen atoms in total. The molecule has 0 radical (unpaired) electrons. The fraction of sp³-hybridized carbons (Fsp3) is 0.143. The van der Waals surface area contributed by atoms with Crippen molar-refractivity contribution < 1.29 is 9.90 Å².